The second kappa shape index (κ2) is 10.1. The van der Waals surface area contributed by atoms with Crippen LogP contribution in [0.1, 0.15) is 46.8 Å². The van der Waals surface area contributed by atoms with Crippen molar-refractivity contribution in [2.24, 2.45) is 11.0 Å². The number of carbonyl (C=O) groups is 1. The normalized spacial score (nSPS) is 19.9. The number of non-ortho nitro benzene ring substituents is 2. The maximum atomic E-state index is 13.6. The van der Waals surface area contributed by atoms with Gasteiger partial charge in [-0.05, 0) is 78.4 Å². The minimum absolute atomic E-state index is 0.0175. The van der Waals surface area contributed by atoms with Crippen LogP contribution in [0.5, 0.6) is 0 Å². The van der Waals surface area contributed by atoms with E-state index in [2.05, 4.69) is 15.9 Å². The number of nitro groups is 2. The Kier molecular flexibility index (Phi) is 6.66. The Balaban J connectivity index is 1.55. The molecule has 186 valence electrons. The highest BCUT2D eigenvalue weighted by molar-refractivity contribution is 9.10. The van der Waals surface area contributed by atoms with Crippen molar-refractivity contribution in [3.63, 3.8) is 0 Å². The largest absolute Gasteiger partial charge is 0.274 e. The van der Waals surface area contributed by atoms with E-state index in [0.717, 1.165) is 46.1 Å². The highest BCUT2D eigenvalue weighted by atomic mass is 79.9. The molecule has 10 heteroatoms. The average molecular weight is 561 g/mol. The molecular weight excluding hydrogens is 540 g/mol. The number of hydrogen-bond acceptors (Lipinski definition) is 6. The minimum Gasteiger partial charge on any atom is -0.267 e. The number of rotatable bonds is 5. The zero-order valence-electron chi connectivity index (χ0n) is 19.5. The van der Waals surface area contributed by atoms with Crippen LogP contribution >= 0.6 is 15.9 Å². The summed E-state index contributed by atoms with van der Waals surface area (Å²) in [5.74, 6) is -0.341. The standard InChI is InChI=1S/C27H21BrN4O5/c28-21-10-6-19(7-11-21)27(33)30-26(18-8-14-23(15-9-18)32(36)37)24-3-1-2-20(25(24)29-30)16-17-4-12-22(13-5-17)31(34)35/h4-16,24,26H,1-3H2/b20-16+/t24-,26-/m1/s1. The molecular formula is C27H21BrN4O5. The van der Waals surface area contributed by atoms with Gasteiger partial charge in [0.25, 0.3) is 17.3 Å². The predicted molar refractivity (Wildman–Crippen MR) is 142 cm³/mol. The smallest absolute Gasteiger partial charge is 0.267 e. The summed E-state index contributed by atoms with van der Waals surface area (Å²) in [7, 11) is 0. The molecule has 1 amide bonds. The molecule has 3 aromatic carbocycles. The van der Waals surface area contributed by atoms with E-state index in [0.29, 0.717) is 5.56 Å². The van der Waals surface area contributed by atoms with Crippen molar-refractivity contribution in [2.45, 2.75) is 25.3 Å². The fourth-order valence-corrected chi connectivity index (χ4v) is 5.18. The molecule has 1 aliphatic heterocycles. The van der Waals surface area contributed by atoms with Crippen molar-refractivity contribution in [1.29, 1.82) is 0 Å². The first kappa shape index (κ1) is 24.5. The Morgan fingerprint density at radius 2 is 1.51 bits per heavy atom. The molecule has 5 rings (SSSR count). The number of fused-ring (bicyclic) bond motifs is 1. The summed E-state index contributed by atoms with van der Waals surface area (Å²) in [4.78, 5) is 35.0. The van der Waals surface area contributed by atoms with E-state index in [1.54, 1.807) is 48.5 Å². The van der Waals surface area contributed by atoms with Gasteiger partial charge in [-0.15, -0.1) is 0 Å². The minimum atomic E-state index is -0.448. The molecule has 0 N–H and O–H groups in total. The molecule has 2 aliphatic rings. The van der Waals surface area contributed by atoms with Crippen molar-refractivity contribution >= 4 is 45.0 Å². The summed E-state index contributed by atoms with van der Waals surface area (Å²) in [5.41, 5.74) is 3.85. The summed E-state index contributed by atoms with van der Waals surface area (Å²) in [6.07, 6.45) is 4.42. The molecule has 0 radical (unpaired) electrons. The molecule has 1 saturated carbocycles. The third-order valence-electron chi connectivity index (χ3n) is 6.69. The first-order valence-corrected chi connectivity index (χ1v) is 12.5. The summed E-state index contributed by atoms with van der Waals surface area (Å²) >= 11 is 3.39. The van der Waals surface area contributed by atoms with Gasteiger partial charge in [-0.1, -0.05) is 28.1 Å². The molecule has 2 atom stereocenters. The lowest BCUT2D eigenvalue weighted by Gasteiger charge is -2.29. The quantitative estimate of drug-likeness (QED) is 0.254. The van der Waals surface area contributed by atoms with Crippen molar-refractivity contribution in [1.82, 2.24) is 5.01 Å². The van der Waals surface area contributed by atoms with Gasteiger partial charge in [-0.25, -0.2) is 5.01 Å². The van der Waals surface area contributed by atoms with Crippen LogP contribution in [0.2, 0.25) is 0 Å². The predicted octanol–water partition coefficient (Wildman–Crippen LogP) is 6.70. The fourth-order valence-electron chi connectivity index (χ4n) is 4.91. The zero-order chi connectivity index (χ0) is 26.1. The Morgan fingerprint density at radius 3 is 2.11 bits per heavy atom. The Bertz CT molecular complexity index is 1430. The van der Waals surface area contributed by atoms with E-state index in [-0.39, 0.29) is 23.2 Å². The third-order valence-corrected chi connectivity index (χ3v) is 7.22. The molecule has 9 nitrogen and oxygen atoms in total. The molecule has 0 saturated heterocycles. The van der Waals surface area contributed by atoms with Gasteiger partial charge in [0, 0.05) is 40.2 Å². The molecule has 0 bridgehead atoms. The zero-order valence-corrected chi connectivity index (χ0v) is 21.1. The molecule has 0 spiro atoms. The van der Waals surface area contributed by atoms with Crippen LogP contribution in [0.25, 0.3) is 6.08 Å². The summed E-state index contributed by atoms with van der Waals surface area (Å²) in [6, 6.07) is 19.3. The van der Waals surface area contributed by atoms with Crippen LogP contribution in [-0.4, -0.2) is 26.5 Å². The van der Waals surface area contributed by atoms with Gasteiger partial charge >= 0.3 is 0 Å². The number of halogens is 1. The number of amides is 1. The molecule has 0 unspecified atom stereocenters. The number of carbonyl (C=O) groups excluding carboxylic acids is 1. The molecule has 1 aliphatic carbocycles. The van der Waals surface area contributed by atoms with Crippen molar-refractivity contribution in [2.75, 3.05) is 0 Å². The lowest BCUT2D eigenvalue weighted by molar-refractivity contribution is -0.385. The lowest BCUT2D eigenvalue weighted by atomic mass is 9.77. The Hall–Kier alpha value is -4.18. The van der Waals surface area contributed by atoms with Crippen LogP contribution in [0.4, 0.5) is 11.4 Å². The maximum Gasteiger partial charge on any atom is 0.274 e. The van der Waals surface area contributed by atoms with Gasteiger partial charge in [-0.2, -0.15) is 5.10 Å². The molecule has 0 aromatic heterocycles. The van der Waals surface area contributed by atoms with Crippen molar-refractivity contribution < 1.29 is 14.6 Å². The second-order valence-electron chi connectivity index (χ2n) is 8.95. The van der Waals surface area contributed by atoms with Crippen LogP contribution < -0.4 is 0 Å². The molecule has 1 heterocycles. The number of hydrazone groups is 1. The fraction of sp³-hybridized carbons (Fsp3) is 0.185. The van der Waals surface area contributed by atoms with E-state index < -0.39 is 15.9 Å². The van der Waals surface area contributed by atoms with Crippen LogP contribution in [0.15, 0.2) is 87.9 Å². The SMILES string of the molecule is O=C(c1ccc(Br)cc1)N1N=C2/C(=C/c3ccc([N+](=O)[O-])cc3)CCC[C@H]2[C@H]1c1ccc([N+](=O)[O-])cc1. The van der Waals surface area contributed by atoms with Crippen LogP contribution in [-0.2, 0) is 0 Å². The molecule has 1 fully saturated rings. The van der Waals surface area contributed by atoms with Gasteiger partial charge in [0.15, 0.2) is 0 Å². The van der Waals surface area contributed by atoms with Crippen molar-refractivity contribution in [3.8, 4) is 0 Å². The summed E-state index contributed by atoms with van der Waals surface area (Å²) < 4.78 is 0.852. The van der Waals surface area contributed by atoms with Gasteiger partial charge in [-0.3, -0.25) is 25.0 Å². The average Bonchev–Trinajstić information content (AvgIpc) is 3.30. The summed E-state index contributed by atoms with van der Waals surface area (Å²) in [5, 5.41) is 28.5. The van der Waals surface area contributed by atoms with Gasteiger partial charge in [0.2, 0.25) is 0 Å². The highest BCUT2D eigenvalue weighted by Gasteiger charge is 2.44. The molecule has 37 heavy (non-hydrogen) atoms. The number of hydrogen-bond donors (Lipinski definition) is 0. The topological polar surface area (TPSA) is 119 Å². The molecule has 3 aromatic rings. The van der Waals surface area contributed by atoms with Gasteiger partial charge < -0.3 is 0 Å². The first-order valence-electron chi connectivity index (χ1n) is 11.7. The van der Waals surface area contributed by atoms with Gasteiger partial charge in [0.05, 0.1) is 21.6 Å². The number of allylic oxidation sites excluding steroid dienone is 1. The Morgan fingerprint density at radius 1 is 0.919 bits per heavy atom. The number of nitrogens with zero attached hydrogens (tertiary/aromatic N) is 4. The van der Waals surface area contributed by atoms with E-state index in [4.69, 9.17) is 5.10 Å². The number of nitro benzene ring substituents is 2. The lowest BCUT2D eigenvalue weighted by Crippen LogP contribution is -2.31. The van der Waals surface area contributed by atoms with Crippen LogP contribution in [0, 0.1) is 26.1 Å². The van der Waals surface area contributed by atoms with E-state index in [1.165, 1.54) is 29.3 Å². The van der Waals surface area contributed by atoms with Crippen molar-refractivity contribution in [3.05, 3.63) is 120 Å². The highest BCUT2D eigenvalue weighted by Crippen LogP contribution is 2.45. The Labute approximate surface area is 220 Å². The summed E-state index contributed by atoms with van der Waals surface area (Å²) in [6.45, 7) is 0. The van der Waals surface area contributed by atoms with Crippen LogP contribution in [0.3, 0.4) is 0 Å². The van der Waals surface area contributed by atoms with Gasteiger partial charge in [0.1, 0.15) is 0 Å². The third kappa shape index (κ3) is 4.92. The maximum absolute atomic E-state index is 13.6. The first-order chi connectivity index (χ1) is 17.8. The monoisotopic (exact) mass is 560 g/mol. The van der Waals surface area contributed by atoms with E-state index in [9.17, 15) is 25.0 Å². The second-order valence-corrected chi connectivity index (χ2v) is 9.87. The number of benzene rings is 3. The van der Waals surface area contributed by atoms with E-state index in [1.807, 2.05) is 6.08 Å². The van der Waals surface area contributed by atoms with E-state index >= 15 is 0 Å².